The van der Waals surface area contributed by atoms with Gasteiger partial charge in [-0.15, -0.1) is 0 Å². The van der Waals surface area contributed by atoms with Crippen molar-refractivity contribution in [3.05, 3.63) is 35.5 Å². The molecule has 0 saturated carbocycles. The molecule has 0 aliphatic heterocycles. The summed E-state index contributed by atoms with van der Waals surface area (Å²) in [6, 6.07) is 4.83. The first-order valence-electron chi connectivity index (χ1n) is 11.2. The molecule has 0 fully saturated rings. The van der Waals surface area contributed by atoms with Gasteiger partial charge < -0.3 is 32.4 Å². The molecule has 0 radical (unpaired) electrons. The zero-order valence-electron chi connectivity index (χ0n) is 21.5. The summed E-state index contributed by atoms with van der Waals surface area (Å²) in [5.41, 5.74) is 12.9. The van der Waals surface area contributed by atoms with Crippen LogP contribution in [0, 0.1) is 11.8 Å². The Balaban J connectivity index is 0.000000649. The van der Waals surface area contributed by atoms with E-state index in [2.05, 4.69) is 15.0 Å². The number of primary amides is 2. The summed E-state index contributed by atoms with van der Waals surface area (Å²) >= 11 is 0. The van der Waals surface area contributed by atoms with Crippen LogP contribution in [0.5, 0.6) is 5.75 Å². The fraction of sp³-hybridized carbons (Fsp3) is 0.458. The molecule has 13 heteroatoms. The van der Waals surface area contributed by atoms with Crippen molar-refractivity contribution in [2.75, 3.05) is 0 Å². The van der Waals surface area contributed by atoms with Crippen LogP contribution in [0.1, 0.15) is 62.4 Å². The minimum atomic E-state index is -3.04. The van der Waals surface area contributed by atoms with Crippen LogP contribution in [0.15, 0.2) is 24.3 Å². The number of benzene rings is 1. The third-order valence-corrected chi connectivity index (χ3v) is 6.23. The summed E-state index contributed by atoms with van der Waals surface area (Å²) in [6.45, 7) is 7.09. The molecular formula is C24H33F2N5O6. The molecule has 204 valence electrons. The van der Waals surface area contributed by atoms with Crippen LogP contribution in [0.4, 0.5) is 8.78 Å². The maximum atomic E-state index is 12.7. The number of amides is 3. The number of rotatable bonds is 9. The molecule has 0 saturated heterocycles. The number of aromatic nitrogens is 1. The Kier molecular flexibility index (Phi) is 10.0. The SMILES string of the molecule is CC(C)C(C)(N)C(N)=O.CC(C)C(C)(NC(=O)c1nc2ccc(OC(F)F)cc2cc1C(=O)O)C(N)=O. The highest BCUT2D eigenvalue weighted by Gasteiger charge is 2.37. The molecule has 0 aliphatic rings. The number of ether oxygens (including phenoxy) is 1. The molecule has 11 nitrogen and oxygen atoms in total. The van der Waals surface area contributed by atoms with Crippen LogP contribution in [-0.2, 0) is 9.59 Å². The number of carbonyl (C=O) groups excluding carboxylic acids is 3. The number of hydrogen-bond donors (Lipinski definition) is 5. The highest BCUT2D eigenvalue weighted by atomic mass is 19.3. The number of nitrogens with one attached hydrogen (secondary N) is 1. The third-order valence-electron chi connectivity index (χ3n) is 6.23. The van der Waals surface area contributed by atoms with Crippen molar-refractivity contribution in [1.82, 2.24) is 10.3 Å². The summed E-state index contributed by atoms with van der Waals surface area (Å²) in [5, 5.41) is 12.1. The number of nitrogens with zero attached hydrogens (tertiary/aromatic N) is 1. The summed E-state index contributed by atoms with van der Waals surface area (Å²) in [6.07, 6.45) is 0. The van der Waals surface area contributed by atoms with Crippen molar-refractivity contribution in [2.45, 2.75) is 59.2 Å². The summed E-state index contributed by atoms with van der Waals surface area (Å²) in [7, 11) is 0. The number of carboxylic acid groups (broad SMARTS) is 1. The van der Waals surface area contributed by atoms with E-state index in [1.54, 1.807) is 20.8 Å². The molecule has 1 aromatic heterocycles. The lowest BCUT2D eigenvalue weighted by atomic mass is 9.87. The van der Waals surface area contributed by atoms with Crippen molar-refractivity contribution in [1.29, 1.82) is 0 Å². The second-order valence-electron chi connectivity index (χ2n) is 9.40. The molecule has 0 aliphatic carbocycles. The van der Waals surface area contributed by atoms with Crippen LogP contribution in [-0.4, -0.2) is 51.5 Å². The Morgan fingerprint density at radius 3 is 1.95 bits per heavy atom. The van der Waals surface area contributed by atoms with E-state index in [1.165, 1.54) is 25.1 Å². The molecule has 2 atom stereocenters. The molecule has 2 rings (SSSR count). The van der Waals surface area contributed by atoms with Crippen molar-refractivity contribution in [3.63, 3.8) is 0 Å². The van der Waals surface area contributed by atoms with Gasteiger partial charge in [-0.3, -0.25) is 14.4 Å². The molecule has 8 N–H and O–H groups in total. The monoisotopic (exact) mass is 525 g/mol. The minimum absolute atomic E-state index is 0.0926. The number of fused-ring (bicyclic) bond motifs is 1. The Morgan fingerprint density at radius 2 is 1.57 bits per heavy atom. The topological polar surface area (TPSA) is 201 Å². The quantitative estimate of drug-likeness (QED) is 0.327. The second kappa shape index (κ2) is 11.9. The standard InChI is InChI=1S/C18H19F2N3O5.C6H14N2O/c1-8(2)18(3,16(21)27)23-14(24)13-11(15(25)26)7-9-6-10(28-17(19)20)4-5-12(9)22-13;1-4(2)6(3,8)5(7)9/h4-8,17H,1-3H3,(H2,21,27)(H,23,24)(H,25,26);4H,8H2,1-3H3,(H2,7,9). The number of nitrogens with two attached hydrogens (primary N) is 3. The number of halogens is 2. The van der Waals surface area contributed by atoms with Crippen LogP contribution >= 0.6 is 0 Å². The minimum Gasteiger partial charge on any atom is -0.478 e. The van der Waals surface area contributed by atoms with Crippen molar-refractivity contribution in [2.24, 2.45) is 29.0 Å². The van der Waals surface area contributed by atoms with Gasteiger partial charge in [0, 0.05) is 5.39 Å². The third kappa shape index (κ3) is 7.56. The van der Waals surface area contributed by atoms with E-state index in [1.807, 2.05) is 13.8 Å². The van der Waals surface area contributed by atoms with Gasteiger partial charge in [0.05, 0.1) is 16.6 Å². The normalized spacial score (nSPS) is 14.4. The van der Waals surface area contributed by atoms with Crippen LogP contribution in [0.2, 0.25) is 0 Å². The Bertz CT molecular complexity index is 1190. The Morgan fingerprint density at radius 1 is 1.00 bits per heavy atom. The number of alkyl halides is 2. The lowest BCUT2D eigenvalue weighted by Gasteiger charge is -2.31. The Hall–Kier alpha value is -3.87. The van der Waals surface area contributed by atoms with Gasteiger partial charge in [-0.25, -0.2) is 9.78 Å². The second-order valence-corrected chi connectivity index (χ2v) is 9.40. The number of hydrogen-bond acceptors (Lipinski definition) is 7. The van der Waals surface area contributed by atoms with Gasteiger partial charge in [0.2, 0.25) is 11.8 Å². The summed E-state index contributed by atoms with van der Waals surface area (Å²) < 4.78 is 29.0. The van der Waals surface area contributed by atoms with E-state index < -0.39 is 52.6 Å². The van der Waals surface area contributed by atoms with Gasteiger partial charge in [-0.05, 0) is 49.9 Å². The average molecular weight is 526 g/mol. The van der Waals surface area contributed by atoms with Crippen molar-refractivity contribution in [3.8, 4) is 5.75 Å². The van der Waals surface area contributed by atoms with Gasteiger partial charge in [-0.2, -0.15) is 8.78 Å². The van der Waals surface area contributed by atoms with E-state index in [0.717, 1.165) is 6.07 Å². The lowest BCUT2D eigenvalue weighted by Crippen LogP contribution is -2.58. The maximum absolute atomic E-state index is 12.7. The zero-order chi connectivity index (χ0) is 28.9. The van der Waals surface area contributed by atoms with Gasteiger partial charge >= 0.3 is 12.6 Å². The van der Waals surface area contributed by atoms with E-state index in [0.29, 0.717) is 0 Å². The molecule has 1 aromatic carbocycles. The highest BCUT2D eigenvalue weighted by Crippen LogP contribution is 2.24. The largest absolute Gasteiger partial charge is 0.478 e. The summed E-state index contributed by atoms with van der Waals surface area (Å²) in [4.78, 5) is 50.7. The molecule has 0 spiro atoms. The van der Waals surface area contributed by atoms with Crippen molar-refractivity contribution < 1.29 is 37.8 Å². The van der Waals surface area contributed by atoms with Gasteiger partial charge in [0.25, 0.3) is 5.91 Å². The first-order chi connectivity index (χ1) is 16.8. The number of aromatic carboxylic acids is 1. The van der Waals surface area contributed by atoms with Gasteiger partial charge in [0.1, 0.15) is 17.0 Å². The smallest absolute Gasteiger partial charge is 0.387 e. The van der Waals surface area contributed by atoms with E-state index in [9.17, 15) is 33.1 Å². The fourth-order valence-electron chi connectivity index (χ4n) is 2.74. The molecule has 2 unspecified atom stereocenters. The predicted molar refractivity (Wildman–Crippen MR) is 132 cm³/mol. The Labute approximate surface area is 212 Å². The predicted octanol–water partition coefficient (Wildman–Crippen LogP) is 2.01. The van der Waals surface area contributed by atoms with Crippen LogP contribution in [0.3, 0.4) is 0 Å². The number of pyridine rings is 1. The molecule has 2 aromatic rings. The van der Waals surface area contributed by atoms with Crippen LogP contribution < -0.4 is 27.3 Å². The first kappa shape index (κ1) is 31.2. The number of carbonyl (C=O) groups is 4. The fourth-order valence-corrected chi connectivity index (χ4v) is 2.74. The van der Waals surface area contributed by atoms with Gasteiger partial charge in [-0.1, -0.05) is 27.7 Å². The van der Waals surface area contributed by atoms with E-state index in [4.69, 9.17) is 17.2 Å². The maximum Gasteiger partial charge on any atom is 0.387 e. The van der Waals surface area contributed by atoms with E-state index >= 15 is 0 Å². The lowest BCUT2D eigenvalue weighted by molar-refractivity contribution is -0.125. The van der Waals surface area contributed by atoms with E-state index in [-0.39, 0.29) is 28.5 Å². The highest BCUT2D eigenvalue weighted by molar-refractivity contribution is 6.07. The average Bonchev–Trinajstić information content (AvgIpc) is 2.77. The molecule has 0 bridgehead atoms. The first-order valence-corrected chi connectivity index (χ1v) is 11.2. The molecule has 3 amide bonds. The van der Waals surface area contributed by atoms with Crippen molar-refractivity contribution >= 4 is 34.6 Å². The van der Waals surface area contributed by atoms with Gasteiger partial charge in [0.15, 0.2) is 0 Å². The summed E-state index contributed by atoms with van der Waals surface area (Å²) in [5.74, 6) is -4.06. The number of carboxylic acids is 1. The molecule has 37 heavy (non-hydrogen) atoms. The zero-order valence-corrected chi connectivity index (χ0v) is 21.5. The molecule has 1 heterocycles. The molecular weight excluding hydrogens is 492 g/mol. The van der Waals surface area contributed by atoms with Crippen LogP contribution in [0.25, 0.3) is 10.9 Å².